The van der Waals surface area contributed by atoms with Gasteiger partial charge in [-0.2, -0.15) is 5.26 Å². The number of thiazole rings is 1. The maximum atomic E-state index is 9.13. The number of aromatic nitrogens is 2. The van der Waals surface area contributed by atoms with Gasteiger partial charge in [0, 0.05) is 24.2 Å². The van der Waals surface area contributed by atoms with Gasteiger partial charge in [0.15, 0.2) is 0 Å². The molecule has 2 aromatic rings. The first-order valence-electron chi connectivity index (χ1n) is 7.19. The number of nitriles is 1. The van der Waals surface area contributed by atoms with Crippen molar-refractivity contribution >= 4 is 11.3 Å². The Balaban J connectivity index is 2.14. The Morgan fingerprint density at radius 2 is 2.19 bits per heavy atom. The molecule has 0 spiro atoms. The summed E-state index contributed by atoms with van der Waals surface area (Å²) in [5, 5.41) is 10.2. The van der Waals surface area contributed by atoms with Crippen LogP contribution in [0.15, 0.2) is 12.3 Å². The molecule has 4 nitrogen and oxygen atoms in total. The van der Waals surface area contributed by atoms with Crippen LogP contribution in [0.25, 0.3) is 0 Å². The van der Waals surface area contributed by atoms with Crippen LogP contribution in [0.3, 0.4) is 0 Å². The van der Waals surface area contributed by atoms with Crippen LogP contribution in [-0.2, 0) is 13.1 Å². The van der Waals surface area contributed by atoms with Gasteiger partial charge in [-0.1, -0.05) is 0 Å². The molecule has 0 N–H and O–H groups in total. The average Bonchev–Trinajstić information content (AvgIpc) is 3.00. The highest BCUT2D eigenvalue weighted by atomic mass is 32.1. The van der Waals surface area contributed by atoms with Crippen molar-refractivity contribution in [1.82, 2.24) is 14.5 Å². The summed E-state index contributed by atoms with van der Waals surface area (Å²) in [6.45, 7) is 10.1. The Kier molecular flexibility index (Phi) is 4.81. The Morgan fingerprint density at radius 3 is 2.67 bits per heavy atom. The summed E-state index contributed by atoms with van der Waals surface area (Å²) in [6.07, 6.45) is 2.07. The fourth-order valence-electron chi connectivity index (χ4n) is 2.58. The molecule has 21 heavy (non-hydrogen) atoms. The fourth-order valence-corrected chi connectivity index (χ4v) is 3.48. The minimum absolute atomic E-state index is 0.269. The molecule has 0 aromatic carbocycles. The predicted octanol–water partition coefficient (Wildman–Crippen LogP) is 3.65. The first-order valence-corrected chi connectivity index (χ1v) is 8.01. The molecule has 0 saturated carbocycles. The summed E-state index contributed by atoms with van der Waals surface area (Å²) in [5.41, 5.74) is 3.07. The Hall–Kier alpha value is -1.64. The topological polar surface area (TPSA) is 44.9 Å². The van der Waals surface area contributed by atoms with Crippen molar-refractivity contribution in [2.24, 2.45) is 0 Å². The van der Waals surface area contributed by atoms with Gasteiger partial charge in [0.1, 0.15) is 11.8 Å². The van der Waals surface area contributed by atoms with Crippen LogP contribution in [0.1, 0.15) is 46.7 Å². The third kappa shape index (κ3) is 3.34. The highest BCUT2D eigenvalue weighted by Crippen LogP contribution is 2.27. The minimum atomic E-state index is 0.269. The second kappa shape index (κ2) is 6.42. The maximum absolute atomic E-state index is 9.13. The lowest BCUT2D eigenvalue weighted by atomic mass is 10.1. The van der Waals surface area contributed by atoms with Crippen molar-refractivity contribution in [3.05, 3.63) is 39.1 Å². The highest BCUT2D eigenvalue weighted by molar-refractivity contribution is 7.11. The van der Waals surface area contributed by atoms with E-state index in [1.807, 2.05) is 10.6 Å². The van der Waals surface area contributed by atoms with Crippen LogP contribution in [0, 0.1) is 25.2 Å². The molecular formula is C16H22N4S. The summed E-state index contributed by atoms with van der Waals surface area (Å²) in [4.78, 5) is 8.21. The van der Waals surface area contributed by atoms with Gasteiger partial charge in [-0.25, -0.2) is 4.98 Å². The van der Waals surface area contributed by atoms with E-state index >= 15 is 0 Å². The zero-order valence-corrected chi connectivity index (χ0v) is 14.2. The summed E-state index contributed by atoms with van der Waals surface area (Å²) >= 11 is 1.75. The third-order valence-electron chi connectivity index (χ3n) is 3.84. The second-order valence-corrected chi connectivity index (χ2v) is 6.80. The van der Waals surface area contributed by atoms with E-state index in [4.69, 9.17) is 5.26 Å². The van der Waals surface area contributed by atoms with E-state index in [1.165, 1.54) is 10.4 Å². The van der Waals surface area contributed by atoms with Crippen LogP contribution in [-0.4, -0.2) is 21.5 Å². The Morgan fingerprint density at radius 1 is 1.48 bits per heavy atom. The molecular weight excluding hydrogens is 280 g/mol. The monoisotopic (exact) mass is 302 g/mol. The van der Waals surface area contributed by atoms with Gasteiger partial charge in [-0.05, 0) is 46.4 Å². The van der Waals surface area contributed by atoms with Crippen LogP contribution < -0.4 is 0 Å². The first kappa shape index (κ1) is 15.7. The Bertz CT molecular complexity index is 662. The van der Waals surface area contributed by atoms with Crippen LogP contribution in [0.2, 0.25) is 0 Å². The van der Waals surface area contributed by atoms with Gasteiger partial charge in [-0.15, -0.1) is 11.3 Å². The number of nitrogens with zero attached hydrogens (tertiary/aromatic N) is 4. The molecule has 5 heteroatoms. The summed E-state index contributed by atoms with van der Waals surface area (Å²) < 4.78 is 1.99. The molecule has 0 saturated heterocycles. The molecule has 0 radical (unpaired) electrons. The predicted molar refractivity (Wildman–Crippen MR) is 86.3 cm³/mol. The van der Waals surface area contributed by atoms with E-state index in [0.717, 1.165) is 29.5 Å². The van der Waals surface area contributed by atoms with Crippen molar-refractivity contribution in [3.8, 4) is 6.07 Å². The minimum Gasteiger partial charge on any atom is -0.339 e. The molecule has 0 bridgehead atoms. The van der Waals surface area contributed by atoms with Crippen molar-refractivity contribution in [2.75, 3.05) is 7.05 Å². The molecule has 1 atom stereocenters. The lowest BCUT2D eigenvalue weighted by Crippen LogP contribution is -2.22. The van der Waals surface area contributed by atoms with E-state index in [2.05, 4.69) is 56.9 Å². The molecule has 2 aromatic heterocycles. The van der Waals surface area contributed by atoms with Gasteiger partial charge in [-0.3, -0.25) is 4.90 Å². The third-order valence-corrected chi connectivity index (χ3v) is 4.74. The van der Waals surface area contributed by atoms with Crippen LogP contribution >= 0.6 is 11.3 Å². The zero-order valence-electron chi connectivity index (χ0n) is 13.3. The normalized spacial score (nSPS) is 12.6. The van der Waals surface area contributed by atoms with E-state index in [-0.39, 0.29) is 6.04 Å². The smallest absolute Gasteiger partial charge is 0.120 e. The molecule has 2 heterocycles. The fraction of sp³-hybridized carbons (Fsp3) is 0.500. The van der Waals surface area contributed by atoms with Gasteiger partial charge < -0.3 is 4.57 Å². The second-order valence-electron chi connectivity index (χ2n) is 5.40. The number of rotatable bonds is 5. The maximum Gasteiger partial charge on any atom is 0.120 e. The molecule has 2 rings (SSSR count). The lowest BCUT2D eigenvalue weighted by Gasteiger charge is -2.23. The quantitative estimate of drug-likeness (QED) is 0.847. The van der Waals surface area contributed by atoms with E-state index in [1.54, 1.807) is 11.3 Å². The summed E-state index contributed by atoms with van der Waals surface area (Å²) in [7, 11) is 2.11. The zero-order chi connectivity index (χ0) is 15.6. The van der Waals surface area contributed by atoms with E-state index in [9.17, 15) is 0 Å². The lowest BCUT2D eigenvalue weighted by molar-refractivity contribution is 0.248. The van der Waals surface area contributed by atoms with Crippen molar-refractivity contribution in [1.29, 1.82) is 5.26 Å². The van der Waals surface area contributed by atoms with Crippen molar-refractivity contribution in [2.45, 2.75) is 46.8 Å². The first-order chi connectivity index (χ1) is 9.96. The van der Waals surface area contributed by atoms with Gasteiger partial charge >= 0.3 is 0 Å². The van der Waals surface area contributed by atoms with Gasteiger partial charge in [0.2, 0.25) is 0 Å². The molecule has 1 unspecified atom stereocenters. The SMILES string of the molecule is CCn1cc(CN(C)C(C)c2nc(C)sc2C)cc1C#N. The van der Waals surface area contributed by atoms with E-state index in [0.29, 0.717) is 0 Å². The molecule has 0 aliphatic carbocycles. The number of hydrogen-bond donors (Lipinski definition) is 0. The van der Waals surface area contributed by atoms with Gasteiger partial charge in [0.25, 0.3) is 0 Å². The number of aryl methyl sites for hydroxylation is 3. The molecule has 0 aliphatic heterocycles. The molecule has 112 valence electrons. The Labute approximate surface area is 130 Å². The highest BCUT2D eigenvalue weighted by Gasteiger charge is 2.18. The van der Waals surface area contributed by atoms with Crippen LogP contribution in [0.4, 0.5) is 0 Å². The number of hydrogen-bond acceptors (Lipinski definition) is 4. The van der Waals surface area contributed by atoms with Crippen molar-refractivity contribution in [3.63, 3.8) is 0 Å². The summed E-state index contributed by atoms with van der Waals surface area (Å²) in [6, 6.07) is 4.49. The van der Waals surface area contributed by atoms with Crippen LogP contribution in [0.5, 0.6) is 0 Å². The molecule has 0 fully saturated rings. The average molecular weight is 302 g/mol. The largest absolute Gasteiger partial charge is 0.339 e. The molecule has 0 amide bonds. The molecule has 0 aliphatic rings. The standard InChI is InChI=1S/C16H22N4S/c1-6-20-10-14(7-15(20)8-17)9-19(5)11(2)16-12(3)21-13(4)18-16/h7,10-11H,6,9H2,1-5H3. The van der Waals surface area contributed by atoms with E-state index < -0.39 is 0 Å². The summed E-state index contributed by atoms with van der Waals surface area (Å²) in [5.74, 6) is 0. The van der Waals surface area contributed by atoms with Crippen molar-refractivity contribution < 1.29 is 0 Å². The van der Waals surface area contributed by atoms with Gasteiger partial charge in [0.05, 0.1) is 16.7 Å².